The molecule has 2 aromatic rings. The maximum absolute atomic E-state index is 13.3. The van der Waals surface area contributed by atoms with Gasteiger partial charge in [-0.2, -0.15) is 0 Å². The first-order chi connectivity index (χ1) is 15.9. The summed E-state index contributed by atoms with van der Waals surface area (Å²) in [5.41, 5.74) is 3.88. The molecule has 34 heavy (non-hydrogen) atoms. The standard InChI is InChI=1S/C24H31N3O5S2/c1-17-5-8-22(18(2)15-17)25-11-13-26(14-12-25)24(28)21-7-6-20(16-23(21)33(4,29)30)27-10-9-19(3)34(27,31)32/h5-8,15-16,19H,9-14H2,1-4H3. The van der Waals surface area contributed by atoms with Gasteiger partial charge in [-0.3, -0.25) is 9.10 Å². The van der Waals surface area contributed by atoms with Gasteiger partial charge in [0.05, 0.1) is 21.4 Å². The van der Waals surface area contributed by atoms with Crippen molar-refractivity contribution in [2.45, 2.75) is 37.3 Å². The average molecular weight is 506 g/mol. The molecule has 0 N–H and O–H groups in total. The Hall–Kier alpha value is -2.59. The van der Waals surface area contributed by atoms with Gasteiger partial charge < -0.3 is 9.80 Å². The molecule has 0 aliphatic carbocycles. The Labute approximate surface area is 202 Å². The monoisotopic (exact) mass is 505 g/mol. The van der Waals surface area contributed by atoms with Gasteiger partial charge in [-0.15, -0.1) is 0 Å². The van der Waals surface area contributed by atoms with E-state index in [0.29, 0.717) is 39.1 Å². The van der Waals surface area contributed by atoms with Gasteiger partial charge in [0.25, 0.3) is 5.91 Å². The first-order valence-electron chi connectivity index (χ1n) is 11.4. The molecular formula is C24H31N3O5S2. The van der Waals surface area contributed by atoms with Crippen LogP contribution in [0.2, 0.25) is 0 Å². The van der Waals surface area contributed by atoms with Crippen molar-refractivity contribution in [2.24, 2.45) is 0 Å². The molecule has 0 saturated carbocycles. The van der Waals surface area contributed by atoms with E-state index in [0.717, 1.165) is 11.9 Å². The van der Waals surface area contributed by atoms with Crippen molar-refractivity contribution in [3.8, 4) is 0 Å². The number of rotatable bonds is 4. The zero-order valence-electron chi connectivity index (χ0n) is 20.0. The normalized spacial score (nSPS) is 20.6. The highest BCUT2D eigenvalue weighted by atomic mass is 32.2. The highest BCUT2D eigenvalue weighted by Crippen LogP contribution is 2.32. The Morgan fingerprint density at radius 2 is 1.65 bits per heavy atom. The smallest absolute Gasteiger partial charge is 0.255 e. The third-order valence-corrected chi connectivity index (χ3v) is 10.1. The van der Waals surface area contributed by atoms with E-state index in [1.807, 2.05) is 0 Å². The molecule has 0 radical (unpaired) electrons. The number of hydrogen-bond acceptors (Lipinski definition) is 6. The van der Waals surface area contributed by atoms with E-state index in [1.165, 1.54) is 33.6 Å². The summed E-state index contributed by atoms with van der Waals surface area (Å²) in [5.74, 6) is -0.357. The summed E-state index contributed by atoms with van der Waals surface area (Å²) in [6, 6.07) is 10.6. The third-order valence-electron chi connectivity index (χ3n) is 6.70. The predicted molar refractivity (Wildman–Crippen MR) is 134 cm³/mol. The summed E-state index contributed by atoms with van der Waals surface area (Å²) < 4.78 is 51.6. The van der Waals surface area contributed by atoms with Crippen LogP contribution in [-0.2, 0) is 19.9 Å². The van der Waals surface area contributed by atoms with E-state index >= 15 is 0 Å². The predicted octanol–water partition coefficient (Wildman–Crippen LogP) is 2.60. The van der Waals surface area contributed by atoms with Gasteiger partial charge in [-0.05, 0) is 57.0 Å². The van der Waals surface area contributed by atoms with Crippen LogP contribution in [0, 0.1) is 13.8 Å². The van der Waals surface area contributed by atoms with Gasteiger partial charge in [0, 0.05) is 44.7 Å². The van der Waals surface area contributed by atoms with Gasteiger partial charge in [-0.1, -0.05) is 17.7 Å². The number of benzene rings is 2. The third kappa shape index (κ3) is 4.53. The largest absolute Gasteiger partial charge is 0.368 e. The molecule has 2 aliphatic heterocycles. The van der Waals surface area contributed by atoms with Gasteiger partial charge in [0.2, 0.25) is 10.0 Å². The lowest BCUT2D eigenvalue weighted by molar-refractivity contribution is 0.0743. The SMILES string of the molecule is Cc1ccc(N2CCN(C(=O)c3ccc(N4CCC(C)S4(=O)=O)cc3S(C)(=O)=O)CC2)c(C)c1. The molecule has 2 heterocycles. The number of sulfonamides is 1. The molecular weight excluding hydrogens is 474 g/mol. The van der Waals surface area contributed by atoms with Gasteiger partial charge >= 0.3 is 0 Å². The lowest BCUT2D eigenvalue weighted by atomic mass is 10.1. The van der Waals surface area contributed by atoms with Crippen LogP contribution in [0.3, 0.4) is 0 Å². The molecule has 4 rings (SSSR count). The first-order valence-corrected chi connectivity index (χ1v) is 14.8. The van der Waals surface area contributed by atoms with E-state index < -0.39 is 25.1 Å². The highest BCUT2D eigenvalue weighted by molar-refractivity contribution is 7.93. The second-order valence-electron chi connectivity index (χ2n) is 9.24. The second-order valence-corrected chi connectivity index (χ2v) is 13.5. The second kappa shape index (κ2) is 8.88. The lowest BCUT2D eigenvalue weighted by Crippen LogP contribution is -2.49. The lowest BCUT2D eigenvalue weighted by Gasteiger charge is -2.37. The number of hydrogen-bond donors (Lipinski definition) is 0. The molecule has 0 bridgehead atoms. The summed E-state index contributed by atoms with van der Waals surface area (Å²) in [6.07, 6.45) is 1.52. The molecule has 0 spiro atoms. The van der Waals surface area contributed by atoms with Crippen LogP contribution in [0.5, 0.6) is 0 Å². The number of anilines is 2. The number of carbonyl (C=O) groups is 1. The molecule has 2 fully saturated rings. The van der Waals surface area contributed by atoms with Crippen LogP contribution >= 0.6 is 0 Å². The Morgan fingerprint density at radius 3 is 2.21 bits per heavy atom. The van der Waals surface area contributed by atoms with Crippen LogP contribution < -0.4 is 9.21 Å². The van der Waals surface area contributed by atoms with Gasteiger partial charge in [0.15, 0.2) is 9.84 Å². The van der Waals surface area contributed by atoms with Crippen LogP contribution in [0.25, 0.3) is 0 Å². The summed E-state index contributed by atoms with van der Waals surface area (Å²) in [4.78, 5) is 17.1. The molecule has 1 unspecified atom stereocenters. The first kappa shape index (κ1) is 24.5. The topological polar surface area (TPSA) is 95.1 Å². The summed E-state index contributed by atoms with van der Waals surface area (Å²) in [6.45, 7) is 8.28. The van der Waals surface area contributed by atoms with E-state index in [4.69, 9.17) is 0 Å². The van der Waals surface area contributed by atoms with Gasteiger partial charge in [-0.25, -0.2) is 16.8 Å². The Kier molecular flexibility index (Phi) is 6.41. The molecule has 2 saturated heterocycles. The minimum atomic E-state index is -3.76. The van der Waals surface area contributed by atoms with E-state index in [-0.39, 0.29) is 22.1 Å². The molecule has 10 heteroatoms. The van der Waals surface area contributed by atoms with Crippen molar-refractivity contribution >= 4 is 37.1 Å². The van der Waals surface area contributed by atoms with Crippen LogP contribution in [0.4, 0.5) is 11.4 Å². The fourth-order valence-electron chi connectivity index (χ4n) is 4.70. The Morgan fingerprint density at radius 1 is 0.971 bits per heavy atom. The number of sulfone groups is 1. The van der Waals surface area contributed by atoms with E-state index in [1.54, 1.807) is 11.8 Å². The van der Waals surface area contributed by atoms with Crippen LogP contribution in [0.1, 0.15) is 34.8 Å². The fourth-order valence-corrected chi connectivity index (χ4v) is 7.19. The fraction of sp³-hybridized carbons (Fsp3) is 0.458. The zero-order chi connectivity index (χ0) is 24.8. The highest BCUT2D eigenvalue weighted by Gasteiger charge is 2.37. The van der Waals surface area contributed by atoms with E-state index in [9.17, 15) is 21.6 Å². The minimum Gasteiger partial charge on any atom is -0.368 e. The summed E-state index contributed by atoms with van der Waals surface area (Å²) in [5, 5.41) is -0.524. The minimum absolute atomic E-state index is 0.0795. The summed E-state index contributed by atoms with van der Waals surface area (Å²) >= 11 is 0. The number of amides is 1. The average Bonchev–Trinajstić information content (AvgIpc) is 3.05. The molecule has 8 nitrogen and oxygen atoms in total. The molecule has 0 aromatic heterocycles. The number of piperazine rings is 1. The molecule has 2 aromatic carbocycles. The number of aryl methyl sites for hydroxylation is 2. The molecule has 2 aliphatic rings. The van der Waals surface area contributed by atoms with Crippen molar-refractivity contribution < 1.29 is 21.6 Å². The molecule has 184 valence electrons. The molecule has 1 atom stereocenters. The Bertz CT molecular complexity index is 1330. The number of carbonyl (C=O) groups excluding carboxylic acids is 1. The number of nitrogens with zero attached hydrogens (tertiary/aromatic N) is 3. The Balaban J connectivity index is 1.58. The van der Waals surface area contributed by atoms with Gasteiger partial charge in [0.1, 0.15) is 0 Å². The van der Waals surface area contributed by atoms with E-state index in [2.05, 4.69) is 36.9 Å². The maximum atomic E-state index is 13.3. The molecule has 1 amide bonds. The van der Waals surface area contributed by atoms with Crippen molar-refractivity contribution in [3.05, 3.63) is 53.1 Å². The van der Waals surface area contributed by atoms with Crippen molar-refractivity contribution in [2.75, 3.05) is 48.2 Å². The van der Waals surface area contributed by atoms with Crippen molar-refractivity contribution in [3.63, 3.8) is 0 Å². The van der Waals surface area contributed by atoms with Crippen LogP contribution in [0.15, 0.2) is 41.3 Å². The van der Waals surface area contributed by atoms with Crippen molar-refractivity contribution in [1.82, 2.24) is 4.90 Å². The van der Waals surface area contributed by atoms with Crippen molar-refractivity contribution in [1.29, 1.82) is 0 Å². The maximum Gasteiger partial charge on any atom is 0.255 e. The quantitative estimate of drug-likeness (QED) is 0.634. The zero-order valence-corrected chi connectivity index (χ0v) is 21.6. The summed E-state index contributed by atoms with van der Waals surface area (Å²) in [7, 11) is -7.30. The van der Waals surface area contributed by atoms with Crippen LogP contribution in [-0.4, -0.2) is 71.9 Å².